The van der Waals surface area contributed by atoms with E-state index in [2.05, 4.69) is 29.1 Å². The van der Waals surface area contributed by atoms with Crippen LogP contribution in [0.1, 0.15) is 29.4 Å². The number of nitrogens with zero attached hydrogens (tertiary/aromatic N) is 2. The predicted molar refractivity (Wildman–Crippen MR) is 77.4 cm³/mol. The van der Waals surface area contributed by atoms with Crippen LogP contribution >= 0.6 is 11.3 Å². The van der Waals surface area contributed by atoms with Crippen LogP contribution in [-0.4, -0.2) is 16.0 Å². The Labute approximate surface area is 117 Å². The quantitative estimate of drug-likeness (QED) is 0.882. The molecule has 2 aromatic rings. The number of rotatable bonds is 6. The van der Waals surface area contributed by atoms with Crippen molar-refractivity contribution < 1.29 is 4.74 Å². The molecule has 0 aliphatic carbocycles. The van der Waals surface area contributed by atoms with Crippen molar-refractivity contribution in [2.45, 2.75) is 40.0 Å². The minimum atomic E-state index is 0.465. The minimum absolute atomic E-state index is 0.465. The highest BCUT2D eigenvalue weighted by Crippen LogP contribution is 2.16. The third kappa shape index (κ3) is 4.61. The average Bonchev–Trinajstić information content (AvgIpc) is 2.81. The van der Waals surface area contributed by atoms with Gasteiger partial charge in [0.25, 0.3) is 0 Å². The SMILES string of the molecule is Cc1ncc(COc2ccc(CNC(C)C)nc2)s1. The molecular formula is C14H19N3OS. The normalized spacial score (nSPS) is 10.9. The van der Waals surface area contributed by atoms with Crippen LogP contribution in [0.4, 0.5) is 0 Å². The van der Waals surface area contributed by atoms with Crippen molar-refractivity contribution in [3.63, 3.8) is 0 Å². The minimum Gasteiger partial charge on any atom is -0.486 e. The van der Waals surface area contributed by atoms with Gasteiger partial charge in [0.2, 0.25) is 0 Å². The van der Waals surface area contributed by atoms with Crippen molar-refractivity contribution in [1.82, 2.24) is 15.3 Å². The van der Waals surface area contributed by atoms with Crippen LogP contribution in [0.3, 0.4) is 0 Å². The van der Waals surface area contributed by atoms with Crippen molar-refractivity contribution in [3.05, 3.63) is 40.1 Å². The fraction of sp³-hybridized carbons (Fsp3) is 0.429. The molecule has 0 fully saturated rings. The first kappa shape index (κ1) is 14.0. The van der Waals surface area contributed by atoms with Crippen LogP contribution in [0, 0.1) is 6.92 Å². The maximum absolute atomic E-state index is 5.67. The van der Waals surface area contributed by atoms with Gasteiger partial charge in [0.1, 0.15) is 12.4 Å². The number of thiazole rings is 1. The highest BCUT2D eigenvalue weighted by Gasteiger charge is 2.01. The molecule has 1 N–H and O–H groups in total. The number of aromatic nitrogens is 2. The zero-order valence-electron chi connectivity index (χ0n) is 11.5. The standard InChI is InChI=1S/C14H19N3OS/c1-10(2)15-6-12-4-5-13(7-17-12)18-9-14-8-16-11(3)19-14/h4-5,7-8,10,15H,6,9H2,1-3H3. The summed E-state index contributed by atoms with van der Waals surface area (Å²) < 4.78 is 5.67. The summed E-state index contributed by atoms with van der Waals surface area (Å²) in [7, 11) is 0. The Balaban J connectivity index is 1.84. The molecular weight excluding hydrogens is 258 g/mol. The van der Waals surface area contributed by atoms with Crippen LogP contribution in [0.25, 0.3) is 0 Å². The number of ether oxygens (including phenoxy) is 1. The molecule has 0 aliphatic rings. The molecule has 5 heteroatoms. The van der Waals surface area contributed by atoms with Crippen molar-refractivity contribution in [2.24, 2.45) is 0 Å². The Morgan fingerprint density at radius 1 is 1.26 bits per heavy atom. The molecule has 2 aromatic heterocycles. The van der Waals surface area contributed by atoms with E-state index in [-0.39, 0.29) is 0 Å². The third-order valence-electron chi connectivity index (χ3n) is 2.54. The molecule has 0 aromatic carbocycles. The van der Waals surface area contributed by atoms with Crippen molar-refractivity contribution in [1.29, 1.82) is 0 Å². The summed E-state index contributed by atoms with van der Waals surface area (Å²) in [6.07, 6.45) is 3.62. The Hall–Kier alpha value is -1.46. The van der Waals surface area contributed by atoms with Crippen LogP contribution in [0.15, 0.2) is 24.5 Å². The summed E-state index contributed by atoms with van der Waals surface area (Å²) in [5.74, 6) is 0.791. The Morgan fingerprint density at radius 2 is 2.11 bits per heavy atom. The Kier molecular flexibility index (Phi) is 4.87. The maximum atomic E-state index is 5.67. The second kappa shape index (κ2) is 6.63. The summed E-state index contributed by atoms with van der Waals surface area (Å²) in [5.41, 5.74) is 1.02. The first-order valence-corrected chi connectivity index (χ1v) is 7.17. The zero-order valence-corrected chi connectivity index (χ0v) is 12.3. The third-order valence-corrected chi connectivity index (χ3v) is 3.43. The van der Waals surface area contributed by atoms with Crippen LogP contribution < -0.4 is 10.1 Å². The molecule has 0 unspecified atom stereocenters. The summed E-state index contributed by atoms with van der Waals surface area (Å²) >= 11 is 1.65. The molecule has 19 heavy (non-hydrogen) atoms. The number of pyridine rings is 1. The maximum Gasteiger partial charge on any atom is 0.138 e. The van der Waals surface area contributed by atoms with E-state index in [0.717, 1.165) is 27.9 Å². The topological polar surface area (TPSA) is 47.0 Å². The fourth-order valence-electron chi connectivity index (χ4n) is 1.54. The Bertz CT molecular complexity index is 508. The van der Waals surface area contributed by atoms with Crippen LogP contribution in [0.5, 0.6) is 5.75 Å². The molecule has 0 atom stereocenters. The van der Waals surface area contributed by atoms with Gasteiger partial charge in [-0.2, -0.15) is 0 Å². The van der Waals surface area contributed by atoms with Crippen molar-refractivity contribution >= 4 is 11.3 Å². The van der Waals surface area contributed by atoms with E-state index in [0.29, 0.717) is 12.6 Å². The van der Waals surface area contributed by atoms with Crippen LogP contribution in [-0.2, 0) is 13.2 Å². The molecule has 2 rings (SSSR count). The number of hydrogen-bond donors (Lipinski definition) is 1. The van der Waals surface area contributed by atoms with Crippen LogP contribution in [0.2, 0.25) is 0 Å². The highest BCUT2D eigenvalue weighted by atomic mass is 32.1. The van der Waals surface area contributed by atoms with Gasteiger partial charge in [-0.15, -0.1) is 11.3 Å². The lowest BCUT2D eigenvalue weighted by Gasteiger charge is -2.08. The van der Waals surface area contributed by atoms with Gasteiger partial charge in [0.15, 0.2) is 0 Å². The first-order chi connectivity index (χ1) is 9.13. The lowest BCUT2D eigenvalue weighted by atomic mass is 10.3. The number of hydrogen-bond acceptors (Lipinski definition) is 5. The van der Waals surface area contributed by atoms with E-state index in [1.165, 1.54) is 0 Å². The van der Waals surface area contributed by atoms with Gasteiger partial charge in [-0.05, 0) is 19.1 Å². The summed E-state index contributed by atoms with van der Waals surface area (Å²) in [5, 5.41) is 4.39. The molecule has 4 nitrogen and oxygen atoms in total. The molecule has 2 heterocycles. The van der Waals surface area contributed by atoms with E-state index >= 15 is 0 Å². The van der Waals surface area contributed by atoms with Crippen molar-refractivity contribution in [2.75, 3.05) is 0 Å². The average molecular weight is 277 g/mol. The van der Waals surface area contributed by atoms with E-state index < -0.39 is 0 Å². The van der Waals surface area contributed by atoms with Gasteiger partial charge in [-0.1, -0.05) is 13.8 Å². The van der Waals surface area contributed by atoms with Crippen molar-refractivity contribution in [3.8, 4) is 5.75 Å². The summed E-state index contributed by atoms with van der Waals surface area (Å²) in [6, 6.07) is 4.41. The largest absolute Gasteiger partial charge is 0.486 e. The smallest absolute Gasteiger partial charge is 0.138 e. The molecule has 0 spiro atoms. The summed E-state index contributed by atoms with van der Waals surface area (Å²) in [6.45, 7) is 7.57. The van der Waals surface area contributed by atoms with E-state index in [9.17, 15) is 0 Å². The predicted octanol–water partition coefficient (Wildman–Crippen LogP) is 2.92. The Morgan fingerprint density at radius 3 is 2.68 bits per heavy atom. The van der Waals surface area contributed by atoms with Gasteiger partial charge >= 0.3 is 0 Å². The lowest BCUT2D eigenvalue weighted by molar-refractivity contribution is 0.308. The molecule has 0 bridgehead atoms. The van der Waals surface area contributed by atoms with Gasteiger partial charge < -0.3 is 10.1 Å². The van der Waals surface area contributed by atoms with Gasteiger partial charge in [0, 0.05) is 18.8 Å². The number of aryl methyl sites for hydroxylation is 1. The van der Waals surface area contributed by atoms with E-state index in [4.69, 9.17) is 4.74 Å². The van der Waals surface area contributed by atoms with E-state index in [1.807, 2.05) is 25.3 Å². The highest BCUT2D eigenvalue weighted by molar-refractivity contribution is 7.11. The van der Waals surface area contributed by atoms with E-state index in [1.54, 1.807) is 17.5 Å². The second-order valence-corrected chi connectivity index (χ2v) is 5.97. The number of nitrogens with one attached hydrogen (secondary N) is 1. The van der Waals surface area contributed by atoms with Gasteiger partial charge in [0.05, 0.1) is 21.8 Å². The zero-order chi connectivity index (χ0) is 13.7. The molecule has 0 amide bonds. The second-order valence-electron chi connectivity index (χ2n) is 4.66. The lowest BCUT2D eigenvalue weighted by Crippen LogP contribution is -2.22. The summed E-state index contributed by atoms with van der Waals surface area (Å²) in [4.78, 5) is 9.69. The van der Waals surface area contributed by atoms with Gasteiger partial charge in [-0.25, -0.2) is 4.98 Å². The first-order valence-electron chi connectivity index (χ1n) is 6.36. The fourth-order valence-corrected chi connectivity index (χ4v) is 2.24. The molecule has 102 valence electrons. The molecule has 0 saturated heterocycles. The van der Waals surface area contributed by atoms with Gasteiger partial charge in [-0.3, -0.25) is 4.98 Å². The monoisotopic (exact) mass is 277 g/mol. The molecule has 0 aliphatic heterocycles. The molecule has 0 radical (unpaired) electrons. The molecule has 0 saturated carbocycles.